The molecular formula is C16H21N5O2. The van der Waals surface area contributed by atoms with Crippen molar-refractivity contribution >= 4 is 6.03 Å². The molecule has 0 radical (unpaired) electrons. The third-order valence-electron chi connectivity index (χ3n) is 4.33. The number of carbonyl (C=O) groups excluding carboxylic acids is 1. The van der Waals surface area contributed by atoms with E-state index in [1.54, 1.807) is 18.8 Å². The molecule has 2 amide bonds. The van der Waals surface area contributed by atoms with E-state index in [0.717, 1.165) is 24.2 Å². The maximum atomic E-state index is 12.0. The molecule has 1 aliphatic rings. The summed E-state index contributed by atoms with van der Waals surface area (Å²) in [7, 11) is 3.47. The van der Waals surface area contributed by atoms with Gasteiger partial charge >= 0.3 is 6.03 Å². The number of hydrogen-bond donors (Lipinski definition) is 2. The number of ether oxygens (including phenoxy) is 1. The van der Waals surface area contributed by atoms with E-state index >= 15 is 0 Å². The first-order chi connectivity index (χ1) is 11.1. The van der Waals surface area contributed by atoms with Crippen molar-refractivity contribution in [2.45, 2.75) is 24.8 Å². The number of benzene rings is 1. The number of methoxy groups -OCH3 is 1. The van der Waals surface area contributed by atoms with Crippen LogP contribution < -0.4 is 15.4 Å². The van der Waals surface area contributed by atoms with Crippen molar-refractivity contribution < 1.29 is 9.53 Å². The smallest absolute Gasteiger partial charge is 0.315 e. The second-order valence-electron chi connectivity index (χ2n) is 5.82. The number of rotatable bonds is 6. The largest absolute Gasteiger partial charge is 0.496 e. The van der Waals surface area contributed by atoms with Gasteiger partial charge in [-0.2, -0.15) is 5.10 Å². The van der Waals surface area contributed by atoms with Gasteiger partial charge in [-0.05, 0) is 18.9 Å². The molecule has 0 atom stereocenters. The van der Waals surface area contributed by atoms with Gasteiger partial charge in [0.1, 0.15) is 17.9 Å². The monoisotopic (exact) mass is 315 g/mol. The highest BCUT2D eigenvalue weighted by Crippen LogP contribution is 2.50. The third-order valence-corrected chi connectivity index (χ3v) is 4.33. The van der Waals surface area contributed by atoms with Crippen LogP contribution >= 0.6 is 0 Å². The van der Waals surface area contributed by atoms with Crippen LogP contribution in [-0.4, -0.2) is 34.5 Å². The highest BCUT2D eigenvalue weighted by Gasteiger charge is 2.46. The van der Waals surface area contributed by atoms with E-state index in [1.165, 1.54) is 6.33 Å². The molecule has 7 heteroatoms. The van der Waals surface area contributed by atoms with E-state index in [1.807, 2.05) is 18.2 Å². The van der Waals surface area contributed by atoms with E-state index in [0.29, 0.717) is 18.9 Å². The molecule has 23 heavy (non-hydrogen) atoms. The number of carbonyl (C=O) groups is 1. The molecule has 1 aliphatic carbocycles. The highest BCUT2D eigenvalue weighted by atomic mass is 16.5. The number of nitrogens with zero attached hydrogens (tertiary/aromatic N) is 3. The number of nitrogens with one attached hydrogen (secondary N) is 2. The molecule has 0 bridgehead atoms. The second-order valence-corrected chi connectivity index (χ2v) is 5.82. The summed E-state index contributed by atoms with van der Waals surface area (Å²) < 4.78 is 7.08. The van der Waals surface area contributed by atoms with Crippen LogP contribution in [0.15, 0.2) is 30.6 Å². The standard InChI is InChI=1S/C16H21N5O2/c1-21-14(19-11-20-21)9-17-15(22)18-10-16(7-8-16)12-5-3-4-6-13(12)23-2/h3-6,11H,7-10H2,1-2H3,(H2,17,18,22). The first kappa shape index (κ1) is 15.3. The van der Waals surface area contributed by atoms with Crippen LogP contribution in [0.1, 0.15) is 24.2 Å². The fourth-order valence-corrected chi connectivity index (χ4v) is 2.73. The summed E-state index contributed by atoms with van der Waals surface area (Å²) in [6, 6.07) is 7.80. The van der Waals surface area contributed by atoms with Crippen LogP contribution in [-0.2, 0) is 19.0 Å². The molecule has 0 saturated heterocycles. The van der Waals surface area contributed by atoms with E-state index in [-0.39, 0.29) is 11.4 Å². The lowest BCUT2D eigenvalue weighted by Gasteiger charge is -2.19. The van der Waals surface area contributed by atoms with Gasteiger partial charge in [0.2, 0.25) is 0 Å². The van der Waals surface area contributed by atoms with Gasteiger partial charge in [0.25, 0.3) is 0 Å². The van der Waals surface area contributed by atoms with Crippen LogP contribution in [0, 0.1) is 0 Å². The lowest BCUT2D eigenvalue weighted by molar-refractivity contribution is 0.239. The molecule has 2 aromatic rings. The van der Waals surface area contributed by atoms with Crippen molar-refractivity contribution in [3.8, 4) is 5.75 Å². The van der Waals surface area contributed by atoms with Crippen molar-refractivity contribution in [1.82, 2.24) is 25.4 Å². The predicted molar refractivity (Wildman–Crippen MR) is 85.1 cm³/mol. The Kier molecular flexibility index (Phi) is 4.18. The topological polar surface area (TPSA) is 81.1 Å². The van der Waals surface area contributed by atoms with Crippen molar-refractivity contribution in [3.05, 3.63) is 42.0 Å². The number of para-hydroxylation sites is 1. The first-order valence-corrected chi connectivity index (χ1v) is 7.63. The van der Waals surface area contributed by atoms with Gasteiger partial charge in [0.15, 0.2) is 0 Å². The molecular weight excluding hydrogens is 294 g/mol. The Morgan fingerprint density at radius 2 is 2.13 bits per heavy atom. The summed E-state index contributed by atoms with van der Waals surface area (Å²) in [5.41, 5.74) is 1.16. The summed E-state index contributed by atoms with van der Waals surface area (Å²) in [6.45, 7) is 0.946. The zero-order chi connectivity index (χ0) is 16.3. The lowest BCUT2D eigenvalue weighted by Crippen LogP contribution is -2.40. The lowest BCUT2D eigenvalue weighted by atomic mass is 9.95. The minimum atomic E-state index is -0.200. The Bertz CT molecular complexity index is 693. The number of urea groups is 1. The van der Waals surface area contributed by atoms with Gasteiger partial charge in [0.05, 0.1) is 13.7 Å². The van der Waals surface area contributed by atoms with Crippen molar-refractivity contribution in [3.63, 3.8) is 0 Å². The van der Waals surface area contributed by atoms with Crippen LogP contribution in [0.5, 0.6) is 5.75 Å². The Balaban J connectivity index is 1.55. The molecule has 1 fully saturated rings. The average molecular weight is 315 g/mol. The Labute approximate surface area is 135 Å². The van der Waals surface area contributed by atoms with Gasteiger partial charge in [-0.25, -0.2) is 9.78 Å². The number of amides is 2. The zero-order valence-electron chi connectivity index (χ0n) is 13.4. The SMILES string of the molecule is COc1ccccc1C1(CNC(=O)NCc2ncnn2C)CC1. The molecule has 2 N–H and O–H groups in total. The zero-order valence-corrected chi connectivity index (χ0v) is 13.4. The molecule has 0 aliphatic heterocycles. The molecule has 0 unspecified atom stereocenters. The second kappa shape index (κ2) is 6.28. The van der Waals surface area contributed by atoms with E-state index in [2.05, 4.69) is 26.8 Å². The van der Waals surface area contributed by atoms with Crippen molar-refractivity contribution in [2.75, 3.05) is 13.7 Å². The van der Waals surface area contributed by atoms with E-state index in [4.69, 9.17) is 4.74 Å². The Morgan fingerprint density at radius 3 is 2.78 bits per heavy atom. The average Bonchev–Trinajstić information content (AvgIpc) is 3.26. The maximum absolute atomic E-state index is 12.0. The summed E-state index contributed by atoms with van der Waals surface area (Å²) in [6.07, 6.45) is 3.57. The summed E-state index contributed by atoms with van der Waals surface area (Å²) in [5.74, 6) is 1.59. The molecule has 3 rings (SSSR count). The minimum absolute atomic E-state index is 0.00524. The first-order valence-electron chi connectivity index (χ1n) is 7.63. The molecule has 1 heterocycles. The fourth-order valence-electron chi connectivity index (χ4n) is 2.73. The Hall–Kier alpha value is -2.57. The van der Waals surface area contributed by atoms with Gasteiger partial charge in [0, 0.05) is 24.6 Å². The van der Waals surface area contributed by atoms with E-state index in [9.17, 15) is 4.79 Å². The minimum Gasteiger partial charge on any atom is -0.496 e. The van der Waals surface area contributed by atoms with Gasteiger partial charge in [-0.1, -0.05) is 18.2 Å². The molecule has 1 aromatic carbocycles. The van der Waals surface area contributed by atoms with Crippen LogP contribution in [0.25, 0.3) is 0 Å². The quantitative estimate of drug-likeness (QED) is 0.843. The maximum Gasteiger partial charge on any atom is 0.315 e. The Morgan fingerprint density at radius 1 is 1.35 bits per heavy atom. The summed E-state index contributed by atoms with van der Waals surface area (Å²) >= 11 is 0. The van der Waals surface area contributed by atoms with E-state index < -0.39 is 0 Å². The number of hydrogen-bond acceptors (Lipinski definition) is 4. The normalized spacial score (nSPS) is 15.0. The summed E-state index contributed by atoms with van der Waals surface area (Å²) in [5, 5.41) is 9.72. The van der Waals surface area contributed by atoms with Gasteiger partial charge in [-0.15, -0.1) is 0 Å². The number of aryl methyl sites for hydroxylation is 1. The molecule has 122 valence electrons. The molecule has 7 nitrogen and oxygen atoms in total. The van der Waals surface area contributed by atoms with Crippen molar-refractivity contribution in [1.29, 1.82) is 0 Å². The summed E-state index contributed by atoms with van der Waals surface area (Å²) in [4.78, 5) is 16.1. The van der Waals surface area contributed by atoms with Gasteiger partial charge in [-0.3, -0.25) is 4.68 Å². The predicted octanol–water partition coefficient (Wildman–Crippen LogP) is 1.35. The molecule has 1 saturated carbocycles. The molecule has 1 aromatic heterocycles. The third kappa shape index (κ3) is 3.28. The fraction of sp³-hybridized carbons (Fsp3) is 0.438. The van der Waals surface area contributed by atoms with Crippen LogP contribution in [0.3, 0.4) is 0 Å². The van der Waals surface area contributed by atoms with Crippen molar-refractivity contribution in [2.24, 2.45) is 7.05 Å². The highest BCUT2D eigenvalue weighted by molar-refractivity contribution is 5.74. The molecule has 0 spiro atoms. The number of aromatic nitrogens is 3. The van der Waals surface area contributed by atoms with Gasteiger partial charge < -0.3 is 15.4 Å². The van der Waals surface area contributed by atoms with Crippen LogP contribution in [0.2, 0.25) is 0 Å². The van der Waals surface area contributed by atoms with Crippen LogP contribution in [0.4, 0.5) is 4.79 Å².